The normalized spacial score (nSPS) is 19.2. The Morgan fingerprint density at radius 2 is 2.20 bits per heavy atom. The van der Waals surface area contributed by atoms with Crippen LogP contribution in [0.15, 0.2) is 47.5 Å². The molecule has 3 aromatic rings. The molecule has 1 aliphatic heterocycles. The summed E-state index contributed by atoms with van der Waals surface area (Å²) in [5, 5.41) is 11.1. The van der Waals surface area contributed by atoms with E-state index >= 15 is 0 Å². The van der Waals surface area contributed by atoms with E-state index in [4.69, 9.17) is 4.42 Å². The Kier molecular flexibility index (Phi) is 4.25. The van der Waals surface area contributed by atoms with Gasteiger partial charge in [0.05, 0.1) is 18.0 Å². The number of hydrogen-bond acceptors (Lipinski definition) is 5. The average molecular weight is 340 g/mol. The number of benzene rings is 1. The molecular formula is C18H20N4O3. The van der Waals surface area contributed by atoms with Crippen molar-refractivity contribution < 1.29 is 14.3 Å². The molecule has 1 aromatic carbocycles. The number of fused-ring (bicyclic) bond motifs is 1. The maximum atomic E-state index is 12.9. The summed E-state index contributed by atoms with van der Waals surface area (Å²) < 4.78 is 5.48. The van der Waals surface area contributed by atoms with Crippen LogP contribution in [0.25, 0.3) is 11.0 Å². The van der Waals surface area contributed by atoms with Crippen LogP contribution in [0.4, 0.5) is 0 Å². The van der Waals surface area contributed by atoms with Crippen LogP contribution < -0.4 is 0 Å². The highest BCUT2D eigenvalue weighted by molar-refractivity contribution is 6.05. The lowest BCUT2D eigenvalue weighted by Crippen LogP contribution is -2.37. The number of imidazole rings is 1. The van der Waals surface area contributed by atoms with E-state index < -0.39 is 6.10 Å². The number of aliphatic hydroxyl groups is 1. The lowest BCUT2D eigenvalue weighted by Gasteiger charge is -2.21. The third-order valence-electron chi connectivity index (χ3n) is 4.53. The molecule has 0 saturated carbocycles. The van der Waals surface area contributed by atoms with E-state index in [1.165, 1.54) is 6.26 Å². The molecule has 2 aromatic heterocycles. The van der Waals surface area contributed by atoms with Crippen molar-refractivity contribution in [1.82, 2.24) is 19.8 Å². The van der Waals surface area contributed by atoms with Crippen molar-refractivity contribution in [2.24, 2.45) is 0 Å². The largest absolute Gasteiger partial charge is 0.463 e. The molecule has 1 unspecified atom stereocenters. The molecule has 1 fully saturated rings. The first-order chi connectivity index (χ1) is 12.2. The molecule has 3 heterocycles. The van der Waals surface area contributed by atoms with E-state index in [9.17, 15) is 9.90 Å². The van der Waals surface area contributed by atoms with Crippen LogP contribution in [0.1, 0.15) is 16.1 Å². The van der Waals surface area contributed by atoms with Gasteiger partial charge in [-0.25, -0.2) is 4.98 Å². The Morgan fingerprint density at radius 3 is 3.04 bits per heavy atom. The topological polar surface area (TPSA) is 85.6 Å². The number of para-hydroxylation sites is 1. The molecule has 2 N–H and O–H groups in total. The minimum Gasteiger partial charge on any atom is -0.463 e. The number of aromatic nitrogens is 2. The Balaban J connectivity index is 1.50. The van der Waals surface area contributed by atoms with E-state index in [-0.39, 0.29) is 5.91 Å². The lowest BCUT2D eigenvalue weighted by molar-refractivity contribution is 0.0663. The third kappa shape index (κ3) is 3.29. The quantitative estimate of drug-likeness (QED) is 0.754. The average Bonchev–Trinajstić information content (AvgIpc) is 3.23. The molecule has 0 radical (unpaired) electrons. The number of carbonyl (C=O) groups excluding carboxylic acids is 1. The van der Waals surface area contributed by atoms with Crippen molar-refractivity contribution in [3.8, 4) is 0 Å². The van der Waals surface area contributed by atoms with Crippen molar-refractivity contribution >= 4 is 16.9 Å². The Labute approximate surface area is 144 Å². The third-order valence-corrected chi connectivity index (χ3v) is 4.53. The maximum absolute atomic E-state index is 12.9. The van der Waals surface area contributed by atoms with Gasteiger partial charge in [0, 0.05) is 50.0 Å². The number of rotatable bonds is 3. The molecule has 1 aliphatic rings. The zero-order valence-electron chi connectivity index (χ0n) is 13.8. The van der Waals surface area contributed by atoms with Crippen molar-refractivity contribution in [2.45, 2.75) is 12.6 Å². The first kappa shape index (κ1) is 15.9. The summed E-state index contributed by atoms with van der Waals surface area (Å²) in [5.41, 5.74) is 2.24. The second-order valence-electron chi connectivity index (χ2n) is 6.36. The van der Waals surface area contributed by atoms with Gasteiger partial charge in [-0.15, -0.1) is 0 Å². The molecule has 0 aliphatic carbocycles. The fraction of sp³-hybridized carbons (Fsp3) is 0.333. The first-order valence-electron chi connectivity index (χ1n) is 8.34. The number of furan rings is 1. The molecule has 1 atom stereocenters. The smallest absolute Gasteiger partial charge is 0.257 e. The van der Waals surface area contributed by atoms with Crippen LogP contribution in [-0.4, -0.2) is 63.1 Å². The molecule has 130 valence electrons. The summed E-state index contributed by atoms with van der Waals surface area (Å²) in [4.78, 5) is 23.8. The fourth-order valence-electron chi connectivity index (χ4n) is 3.31. The van der Waals surface area contributed by atoms with Gasteiger partial charge in [0.25, 0.3) is 5.91 Å². The highest BCUT2D eigenvalue weighted by atomic mass is 16.3. The van der Waals surface area contributed by atoms with E-state index in [0.29, 0.717) is 43.9 Å². The van der Waals surface area contributed by atoms with Gasteiger partial charge in [-0.3, -0.25) is 9.69 Å². The number of amides is 1. The summed E-state index contributed by atoms with van der Waals surface area (Å²) in [6.07, 6.45) is 4.33. The summed E-state index contributed by atoms with van der Waals surface area (Å²) in [6.45, 7) is 2.77. The number of aromatic amines is 1. The summed E-state index contributed by atoms with van der Waals surface area (Å²) in [5.74, 6) is -0.104. The fourth-order valence-corrected chi connectivity index (χ4v) is 3.31. The van der Waals surface area contributed by atoms with Crippen LogP contribution in [0.5, 0.6) is 0 Å². The van der Waals surface area contributed by atoms with Crippen molar-refractivity contribution in [3.05, 3.63) is 54.3 Å². The van der Waals surface area contributed by atoms with Gasteiger partial charge in [-0.05, 0) is 6.07 Å². The van der Waals surface area contributed by atoms with Crippen LogP contribution in [0.3, 0.4) is 0 Å². The molecule has 0 bridgehead atoms. The molecule has 1 saturated heterocycles. The molecule has 25 heavy (non-hydrogen) atoms. The van der Waals surface area contributed by atoms with Gasteiger partial charge in [0.1, 0.15) is 11.8 Å². The highest BCUT2D eigenvalue weighted by Gasteiger charge is 2.27. The minimum atomic E-state index is -0.590. The highest BCUT2D eigenvalue weighted by Crippen LogP contribution is 2.22. The van der Waals surface area contributed by atoms with Gasteiger partial charge in [0.2, 0.25) is 0 Å². The van der Waals surface area contributed by atoms with Crippen molar-refractivity contribution in [3.63, 3.8) is 0 Å². The van der Waals surface area contributed by atoms with Crippen LogP contribution in [-0.2, 0) is 6.54 Å². The van der Waals surface area contributed by atoms with Gasteiger partial charge < -0.3 is 19.4 Å². The maximum Gasteiger partial charge on any atom is 0.257 e. The molecule has 4 rings (SSSR count). The van der Waals surface area contributed by atoms with E-state index in [1.54, 1.807) is 17.4 Å². The molecule has 7 nitrogen and oxygen atoms in total. The number of nitrogens with zero attached hydrogens (tertiary/aromatic N) is 3. The number of nitrogens with one attached hydrogen (secondary N) is 1. The van der Waals surface area contributed by atoms with Crippen LogP contribution in [0.2, 0.25) is 0 Å². The predicted molar refractivity (Wildman–Crippen MR) is 92.0 cm³/mol. The molecule has 7 heteroatoms. The number of aliphatic hydroxyl groups excluding tert-OH is 1. The van der Waals surface area contributed by atoms with Crippen LogP contribution >= 0.6 is 0 Å². The Bertz CT molecular complexity index is 858. The van der Waals surface area contributed by atoms with Gasteiger partial charge in [0.15, 0.2) is 0 Å². The standard InChI is InChI=1S/C18H20N4O3/c23-14-9-21(8-13-7-19-12-20-13)5-6-22(10-14)18(24)16-11-25-17-4-2-1-3-15(16)17/h1-4,7,11-12,14,23H,5-6,8-10H2,(H,19,20). The summed E-state index contributed by atoms with van der Waals surface area (Å²) in [7, 11) is 0. The minimum absolute atomic E-state index is 0.104. The monoisotopic (exact) mass is 340 g/mol. The van der Waals surface area contributed by atoms with E-state index in [1.807, 2.05) is 24.3 Å². The van der Waals surface area contributed by atoms with E-state index in [2.05, 4.69) is 14.9 Å². The van der Waals surface area contributed by atoms with Crippen molar-refractivity contribution in [1.29, 1.82) is 0 Å². The number of H-pyrrole nitrogens is 1. The molecule has 1 amide bonds. The van der Waals surface area contributed by atoms with E-state index in [0.717, 1.165) is 11.1 Å². The number of hydrogen-bond donors (Lipinski definition) is 2. The Morgan fingerprint density at radius 1 is 1.32 bits per heavy atom. The predicted octanol–water partition coefficient (Wildman–Crippen LogP) is 1.47. The molecule has 0 spiro atoms. The number of β-amino-alcohol motifs (C(OH)–C–C–N with tert-alkyl or cyclic N) is 1. The second-order valence-corrected chi connectivity index (χ2v) is 6.36. The Hall–Kier alpha value is -2.64. The summed E-state index contributed by atoms with van der Waals surface area (Å²) >= 11 is 0. The number of carbonyl (C=O) groups is 1. The lowest BCUT2D eigenvalue weighted by atomic mass is 10.1. The van der Waals surface area contributed by atoms with Crippen molar-refractivity contribution in [2.75, 3.05) is 26.2 Å². The summed E-state index contributed by atoms with van der Waals surface area (Å²) in [6, 6.07) is 7.49. The van der Waals surface area contributed by atoms with Gasteiger partial charge in [-0.1, -0.05) is 18.2 Å². The van der Waals surface area contributed by atoms with Gasteiger partial charge >= 0.3 is 0 Å². The van der Waals surface area contributed by atoms with Crippen LogP contribution in [0, 0.1) is 0 Å². The first-order valence-corrected chi connectivity index (χ1v) is 8.34. The zero-order chi connectivity index (χ0) is 17.2. The zero-order valence-corrected chi connectivity index (χ0v) is 13.8. The van der Waals surface area contributed by atoms with Gasteiger partial charge in [-0.2, -0.15) is 0 Å². The SMILES string of the molecule is O=C(c1coc2ccccc12)N1CCN(Cc2cnc[nH]2)CC(O)C1. The molecular weight excluding hydrogens is 320 g/mol. The second kappa shape index (κ2) is 6.70.